The Hall–Kier alpha value is -1.44. The van der Waals surface area contributed by atoms with E-state index < -0.39 is 21.5 Å². The number of hydrogen-bond acceptors (Lipinski definition) is 5. The minimum Gasteiger partial charge on any atom is -0.368 e. The summed E-state index contributed by atoms with van der Waals surface area (Å²) in [6, 6.07) is 0.781. The van der Waals surface area contributed by atoms with E-state index in [-0.39, 0.29) is 36.2 Å². The molecule has 1 fully saturated rings. The summed E-state index contributed by atoms with van der Waals surface area (Å²) in [5.74, 6) is -1.60. The van der Waals surface area contributed by atoms with Crippen LogP contribution in [0.25, 0.3) is 0 Å². The van der Waals surface area contributed by atoms with Crippen LogP contribution in [0.1, 0.15) is 13.3 Å². The fourth-order valence-electron chi connectivity index (χ4n) is 1.97. The van der Waals surface area contributed by atoms with Crippen molar-refractivity contribution in [3.8, 4) is 0 Å². The van der Waals surface area contributed by atoms with Crippen molar-refractivity contribution < 1.29 is 17.2 Å². The molecule has 1 aliphatic heterocycles. The molecule has 0 aromatic carbocycles. The molecule has 5 nitrogen and oxygen atoms in total. The summed E-state index contributed by atoms with van der Waals surface area (Å²) < 4.78 is 50.1. The van der Waals surface area contributed by atoms with Gasteiger partial charge in [0.05, 0.1) is 11.5 Å². The molecule has 1 aliphatic rings. The Morgan fingerprint density at radius 2 is 1.95 bits per heavy atom. The number of sulfone groups is 1. The van der Waals surface area contributed by atoms with Crippen LogP contribution >= 0.6 is 0 Å². The number of anilines is 2. The first-order valence-corrected chi connectivity index (χ1v) is 8.30. The van der Waals surface area contributed by atoms with Gasteiger partial charge in [0.15, 0.2) is 33.1 Å². The Bertz CT molecular complexity index is 579. The number of halogens is 2. The van der Waals surface area contributed by atoms with E-state index in [1.165, 1.54) is 4.90 Å². The minimum absolute atomic E-state index is 0.0000898. The highest BCUT2D eigenvalue weighted by Gasteiger charge is 2.25. The van der Waals surface area contributed by atoms with Crippen molar-refractivity contribution in [2.75, 3.05) is 41.4 Å². The molecule has 0 amide bonds. The van der Waals surface area contributed by atoms with E-state index in [0.29, 0.717) is 6.54 Å². The molecule has 8 heteroatoms. The Morgan fingerprint density at radius 3 is 2.55 bits per heavy atom. The summed E-state index contributed by atoms with van der Waals surface area (Å²) in [5.41, 5.74) is 0. The molecule has 0 bridgehead atoms. The lowest BCUT2D eigenvalue weighted by Crippen LogP contribution is -2.41. The largest absolute Gasteiger partial charge is 0.368 e. The van der Waals surface area contributed by atoms with Gasteiger partial charge >= 0.3 is 0 Å². The predicted molar refractivity (Wildman–Crippen MR) is 73.8 cm³/mol. The molecule has 0 atom stereocenters. The van der Waals surface area contributed by atoms with Crippen LogP contribution in [0, 0.1) is 11.6 Å². The fourth-order valence-corrected chi connectivity index (χ4v) is 3.17. The summed E-state index contributed by atoms with van der Waals surface area (Å²) in [7, 11) is -3.05. The zero-order valence-electron chi connectivity index (χ0n) is 11.2. The van der Waals surface area contributed by atoms with Gasteiger partial charge in [-0.25, -0.2) is 22.2 Å². The second-order valence-electron chi connectivity index (χ2n) is 4.69. The van der Waals surface area contributed by atoms with E-state index in [2.05, 4.69) is 10.3 Å². The molecule has 0 unspecified atom stereocenters. The smallest absolute Gasteiger partial charge is 0.168 e. The van der Waals surface area contributed by atoms with Gasteiger partial charge in [-0.15, -0.1) is 0 Å². The second kappa shape index (κ2) is 5.90. The number of nitrogens with zero attached hydrogens (tertiary/aromatic N) is 2. The molecule has 20 heavy (non-hydrogen) atoms. The van der Waals surface area contributed by atoms with Crippen LogP contribution in [0.2, 0.25) is 0 Å². The third-order valence-electron chi connectivity index (χ3n) is 3.10. The monoisotopic (exact) mass is 305 g/mol. The summed E-state index contributed by atoms with van der Waals surface area (Å²) in [5, 5.41) is 2.79. The predicted octanol–water partition coefficient (Wildman–Crippen LogP) is 1.42. The van der Waals surface area contributed by atoms with Gasteiger partial charge < -0.3 is 10.2 Å². The minimum atomic E-state index is -3.05. The first kappa shape index (κ1) is 15.0. The first-order valence-electron chi connectivity index (χ1n) is 6.48. The van der Waals surface area contributed by atoms with Crippen molar-refractivity contribution in [3.63, 3.8) is 0 Å². The van der Waals surface area contributed by atoms with Gasteiger partial charge in [-0.2, -0.15) is 0 Å². The van der Waals surface area contributed by atoms with Crippen LogP contribution < -0.4 is 10.2 Å². The maximum Gasteiger partial charge on any atom is 0.168 e. The van der Waals surface area contributed by atoms with Gasteiger partial charge in [0.1, 0.15) is 0 Å². The van der Waals surface area contributed by atoms with E-state index >= 15 is 0 Å². The normalized spacial score (nSPS) is 18.1. The van der Waals surface area contributed by atoms with Crippen molar-refractivity contribution >= 4 is 21.5 Å². The molecule has 2 heterocycles. The molecular formula is C12H17F2N3O2S. The molecule has 0 spiro atoms. The topological polar surface area (TPSA) is 62.3 Å². The standard InChI is InChI=1S/C12H17F2N3O2S/c1-2-3-15-11-9(13)8-10(14)12(16-11)17-4-6-20(18,19)7-5-17/h8H,2-7H2,1H3,(H,15,16). The lowest BCUT2D eigenvalue weighted by atomic mass is 10.3. The third kappa shape index (κ3) is 3.36. The lowest BCUT2D eigenvalue weighted by molar-refractivity contribution is 0.563. The maximum absolute atomic E-state index is 13.8. The molecule has 1 aromatic heterocycles. The highest BCUT2D eigenvalue weighted by atomic mass is 32.2. The van der Waals surface area contributed by atoms with E-state index in [0.717, 1.165) is 12.5 Å². The first-order chi connectivity index (χ1) is 9.43. The Balaban J connectivity index is 2.23. The Kier molecular flexibility index (Phi) is 4.42. The molecule has 0 saturated carbocycles. The zero-order chi connectivity index (χ0) is 14.8. The van der Waals surface area contributed by atoms with Gasteiger partial charge in [0.2, 0.25) is 0 Å². The van der Waals surface area contributed by atoms with Crippen molar-refractivity contribution in [3.05, 3.63) is 17.7 Å². The summed E-state index contributed by atoms with van der Waals surface area (Å²) in [4.78, 5) is 5.49. The number of hydrogen-bond donors (Lipinski definition) is 1. The highest BCUT2D eigenvalue weighted by molar-refractivity contribution is 7.91. The van der Waals surface area contributed by atoms with Gasteiger partial charge in [0.25, 0.3) is 0 Å². The SMILES string of the molecule is CCCNc1nc(N2CCS(=O)(=O)CC2)c(F)cc1F. The summed E-state index contributed by atoms with van der Waals surface area (Å²) >= 11 is 0. The van der Waals surface area contributed by atoms with E-state index in [1.807, 2.05) is 6.92 Å². The highest BCUT2D eigenvalue weighted by Crippen LogP contribution is 2.23. The molecule has 0 radical (unpaired) electrons. The van der Waals surface area contributed by atoms with Crippen molar-refractivity contribution in [2.24, 2.45) is 0 Å². The number of rotatable bonds is 4. The number of aromatic nitrogens is 1. The van der Waals surface area contributed by atoms with Crippen LogP contribution in [-0.4, -0.2) is 44.5 Å². The van der Waals surface area contributed by atoms with Crippen LogP contribution in [0.3, 0.4) is 0 Å². The average Bonchev–Trinajstić information content (AvgIpc) is 2.38. The Labute approximate surface area is 116 Å². The number of pyridine rings is 1. The third-order valence-corrected chi connectivity index (χ3v) is 4.71. The van der Waals surface area contributed by atoms with E-state index in [1.54, 1.807) is 0 Å². The lowest BCUT2D eigenvalue weighted by Gasteiger charge is -2.28. The fraction of sp³-hybridized carbons (Fsp3) is 0.583. The molecule has 1 saturated heterocycles. The van der Waals surface area contributed by atoms with Crippen LogP contribution in [0.4, 0.5) is 20.4 Å². The van der Waals surface area contributed by atoms with E-state index in [4.69, 9.17) is 0 Å². The van der Waals surface area contributed by atoms with Gasteiger partial charge in [-0.3, -0.25) is 0 Å². The number of nitrogens with one attached hydrogen (secondary N) is 1. The van der Waals surface area contributed by atoms with Crippen LogP contribution in [0.15, 0.2) is 6.07 Å². The van der Waals surface area contributed by atoms with Crippen LogP contribution in [-0.2, 0) is 9.84 Å². The maximum atomic E-state index is 13.8. The molecule has 1 N–H and O–H groups in total. The zero-order valence-corrected chi connectivity index (χ0v) is 12.0. The van der Waals surface area contributed by atoms with E-state index in [9.17, 15) is 17.2 Å². The molecular weight excluding hydrogens is 288 g/mol. The Morgan fingerprint density at radius 1 is 1.30 bits per heavy atom. The summed E-state index contributed by atoms with van der Waals surface area (Å²) in [6.07, 6.45) is 0.787. The van der Waals surface area contributed by atoms with Gasteiger partial charge in [0, 0.05) is 25.7 Å². The average molecular weight is 305 g/mol. The molecule has 2 rings (SSSR count). The van der Waals surface area contributed by atoms with Gasteiger partial charge in [-0.1, -0.05) is 6.92 Å². The van der Waals surface area contributed by atoms with Crippen molar-refractivity contribution in [1.82, 2.24) is 4.98 Å². The van der Waals surface area contributed by atoms with Crippen molar-refractivity contribution in [2.45, 2.75) is 13.3 Å². The molecule has 112 valence electrons. The molecule has 0 aliphatic carbocycles. The molecule has 1 aromatic rings. The quantitative estimate of drug-likeness (QED) is 0.911. The summed E-state index contributed by atoms with van der Waals surface area (Å²) in [6.45, 7) is 2.80. The van der Waals surface area contributed by atoms with Gasteiger partial charge in [-0.05, 0) is 6.42 Å². The van der Waals surface area contributed by atoms with Crippen LogP contribution in [0.5, 0.6) is 0 Å². The second-order valence-corrected chi connectivity index (χ2v) is 6.99. The van der Waals surface area contributed by atoms with Crippen molar-refractivity contribution in [1.29, 1.82) is 0 Å².